The molecular formula is C24H25FN6O3S. The lowest BCUT2D eigenvalue weighted by atomic mass is 9.97. The molecule has 5 rings (SSSR count). The summed E-state index contributed by atoms with van der Waals surface area (Å²) in [7, 11) is 1.58. The van der Waals surface area contributed by atoms with Gasteiger partial charge in [-0.1, -0.05) is 0 Å². The minimum Gasteiger partial charge on any atom is -0.491 e. The lowest BCUT2D eigenvalue weighted by Crippen LogP contribution is -2.43. The molecule has 0 saturated carbocycles. The number of nitrogens with one attached hydrogen (secondary N) is 1. The van der Waals surface area contributed by atoms with E-state index in [1.807, 2.05) is 30.0 Å². The predicted molar refractivity (Wildman–Crippen MR) is 131 cm³/mol. The quantitative estimate of drug-likeness (QED) is 0.499. The summed E-state index contributed by atoms with van der Waals surface area (Å²) in [5.74, 6) is -0.652. The van der Waals surface area contributed by atoms with Crippen LogP contribution in [0.1, 0.15) is 26.5 Å². The number of anilines is 2. The number of nitrogens with two attached hydrogens (primary N) is 2. The third-order valence-electron chi connectivity index (χ3n) is 6.54. The number of halogens is 1. The van der Waals surface area contributed by atoms with Gasteiger partial charge < -0.3 is 31.2 Å². The second-order valence-electron chi connectivity index (χ2n) is 8.85. The summed E-state index contributed by atoms with van der Waals surface area (Å²) in [4.78, 5) is 20.3. The maximum Gasteiger partial charge on any atom is 0.263 e. The number of amides is 1. The third-order valence-corrected chi connectivity index (χ3v) is 7.65. The fraction of sp³-hybridized carbons (Fsp3) is 0.375. The molecule has 0 unspecified atom stereocenters. The Hall–Kier alpha value is -3.46. The number of rotatable bonds is 4. The number of ether oxygens (including phenoxy) is 2. The Kier molecular flexibility index (Phi) is 5.96. The van der Waals surface area contributed by atoms with Gasteiger partial charge in [0, 0.05) is 49.3 Å². The number of benzene rings is 1. The Bertz CT molecular complexity index is 1370. The Morgan fingerprint density at radius 1 is 1.43 bits per heavy atom. The molecule has 4 heterocycles. The summed E-state index contributed by atoms with van der Waals surface area (Å²) in [6.07, 6.45) is -0.0221. The molecule has 9 nitrogen and oxygen atoms in total. The molecule has 3 atom stereocenters. The summed E-state index contributed by atoms with van der Waals surface area (Å²) in [5.41, 5.74) is 14.1. The van der Waals surface area contributed by atoms with Crippen molar-refractivity contribution >= 4 is 38.8 Å². The first-order valence-electron chi connectivity index (χ1n) is 11.2. The summed E-state index contributed by atoms with van der Waals surface area (Å²) >= 11 is 1.22. The molecule has 0 bridgehead atoms. The minimum absolute atomic E-state index is 0.0709. The van der Waals surface area contributed by atoms with Crippen LogP contribution in [0.25, 0.3) is 10.2 Å². The van der Waals surface area contributed by atoms with E-state index in [9.17, 15) is 10.1 Å². The van der Waals surface area contributed by atoms with Crippen molar-refractivity contribution in [3.05, 3.63) is 45.7 Å². The van der Waals surface area contributed by atoms with Crippen LogP contribution in [0.15, 0.2) is 18.2 Å². The van der Waals surface area contributed by atoms with Crippen molar-refractivity contribution < 1.29 is 18.7 Å². The molecule has 3 aromatic rings. The van der Waals surface area contributed by atoms with Crippen molar-refractivity contribution in [3.63, 3.8) is 0 Å². The van der Waals surface area contributed by atoms with Crippen molar-refractivity contribution in [2.24, 2.45) is 5.73 Å². The molecular weight excluding hydrogens is 471 g/mol. The van der Waals surface area contributed by atoms with Gasteiger partial charge in [0.25, 0.3) is 5.91 Å². The topological polar surface area (TPSA) is 140 Å². The number of fused-ring (bicyclic) bond motifs is 2. The lowest BCUT2D eigenvalue weighted by molar-refractivity contribution is 0.0919. The third kappa shape index (κ3) is 4.03. The number of aromatic nitrogens is 1. The first-order valence-corrected chi connectivity index (χ1v) is 12.0. The molecule has 2 aromatic heterocycles. The minimum atomic E-state index is -0.644. The zero-order chi connectivity index (χ0) is 24.9. The SMILES string of the molecule is CO[C@H]1CN(c2cc3c(c(F)c2C#N)C[C@@H](NC(=O)c2sc4nc(C)ccc4c2N)CO3)C[C@@H]1N. The summed E-state index contributed by atoms with van der Waals surface area (Å²) < 4.78 is 26.7. The van der Waals surface area contributed by atoms with E-state index in [-0.39, 0.29) is 42.2 Å². The van der Waals surface area contributed by atoms with Crippen LogP contribution in [0.3, 0.4) is 0 Å². The van der Waals surface area contributed by atoms with Crippen LogP contribution in [0.5, 0.6) is 5.75 Å². The number of thiophene rings is 1. The van der Waals surface area contributed by atoms with Gasteiger partial charge in [0.2, 0.25) is 0 Å². The van der Waals surface area contributed by atoms with E-state index < -0.39 is 11.9 Å². The van der Waals surface area contributed by atoms with Gasteiger partial charge in [-0.25, -0.2) is 9.37 Å². The Morgan fingerprint density at radius 2 is 2.23 bits per heavy atom. The van der Waals surface area contributed by atoms with Gasteiger partial charge in [0.15, 0.2) is 0 Å². The number of hydrogen-bond donors (Lipinski definition) is 3. The fourth-order valence-corrected chi connectivity index (χ4v) is 5.72. The van der Waals surface area contributed by atoms with Crippen LogP contribution in [-0.2, 0) is 11.2 Å². The fourth-order valence-electron chi connectivity index (χ4n) is 4.67. The number of hydrogen-bond acceptors (Lipinski definition) is 9. The molecule has 0 radical (unpaired) electrons. The van der Waals surface area contributed by atoms with Gasteiger partial charge in [-0.05, 0) is 19.1 Å². The van der Waals surface area contributed by atoms with E-state index in [1.165, 1.54) is 11.3 Å². The van der Waals surface area contributed by atoms with E-state index in [0.29, 0.717) is 39.9 Å². The standard InChI is InChI=1S/C24H25FN6O3S/c1-11-3-4-13-21(28)22(35-24(13)29-11)23(32)30-12-5-14-18(34-10-12)6-17(15(7-26)20(14)25)31-8-16(27)19(9-31)33-2/h3-4,6,12,16,19H,5,8-10,27-28H2,1-2H3,(H,30,32)/t12-,16+,19+/m1/s1. The van der Waals surface area contributed by atoms with E-state index in [4.69, 9.17) is 20.9 Å². The van der Waals surface area contributed by atoms with E-state index in [2.05, 4.69) is 10.3 Å². The van der Waals surface area contributed by atoms with Gasteiger partial charge in [-0.3, -0.25) is 4.79 Å². The number of methoxy groups -OCH3 is 1. The molecule has 0 spiro atoms. The van der Waals surface area contributed by atoms with Crippen LogP contribution >= 0.6 is 11.3 Å². The molecule has 11 heteroatoms. The summed E-state index contributed by atoms with van der Waals surface area (Å²) in [5, 5.41) is 13.3. The lowest BCUT2D eigenvalue weighted by Gasteiger charge is -2.29. The van der Waals surface area contributed by atoms with Gasteiger partial charge in [-0.15, -0.1) is 11.3 Å². The number of carbonyl (C=O) groups is 1. The highest BCUT2D eigenvalue weighted by molar-refractivity contribution is 7.21. The second-order valence-corrected chi connectivity index (χ2v) is 9.85. The van der Waals surface area contributed by atoms with Gasteiger partial charge in [0.05, 0.1) is 29.6 Å². The number of pyridine rings is 1. The molecule has 1 fully saturated rings. The molecule has 2 aliphatic rings. The Labute approximate surface area is 205 Å². The average molecular weight is 497 g/mol. The Balaban J connectivity index is 1.38. The summed E-state index contributed by atoms with van der Waals surface area (Å²) in [6.45, 7) is 2.92. The number of nitrogens with zero attached hydrogens (tertiary/aromatic N) is 3. The molecule has 1 aromatic carbocycles. The monoisotopic (exact) mass is 496 g/mol. The van der Waals surface area contributed by atoms with E-state index in [0.717, 1.165) is 11.1 Å². The number of nitriles is 1. The van der Waals surface area contributed by atoms with Crippen LogP contribution in [0.2, 0.25) is 0 Å². The van der Waals surface area contributed by atoms with Gasteiger partial charge in [-0.2, -0.15) is 5.26 Å². The molecule has 0 aliphatic carbocycles. The number of carbonyl (C=O) groups excluding carboxylic acids is 1. The van der Waals surface area contributed by atoms with Crippen molar-refractivity contribution in [2.75, 3.05) is 37.4 Å². The first-order chi connectivity index (χ1) is 16.8. The zero-order valence-corrected chi connectivity index (χ0v) is 20.1. The maximum atomic E-state index is 15.5. The van der Waals surface area contributed by atoms with E-state index >= 15 is 4.39 Å². The van der Waals surface area contributed by atoms with Crippen molar-refractivity contribution in [1.29, 1.82) is 5.26 Å². The van der Waals surface area contributed by atoms with Crippen LogP contribution in [0.4, 0.5) is 15.8 Å². The molecule has 1 saturated heterocycles. The van der Waals surface area contributed by atoms with Crippen LogP contribution in [-0.4, -0.2) is 55.9 Å². The largest absolute Gasteiger partial charge is 0.491 e. The van der Waals surface area contributed by atoms with Crippen LogP contribution in [0, 0.1) is 24.1 Å². The van der Waals surface area contributed by atoms with Crippen molar-refractivity contribution in [3.8, 4) is 11.8 Å². The van der Waals surface area contributed by atoms with Gasteiger partial charge >= 0.3 is 0 Å². The van der Waals surface area contributed by atoms with Crippen molar-refractivity contribution in [1.82, 2.24) is 10.3 Å². The van der Waals surface area contributed by atoms with Crippen LogP contribution < -0.4 is 26.4 Å². The van der Waals surface area contributed by atoms with Crippen molar-refractivity contribution in [2.45, 2.75) is 31.5 Å². The summed E-state index contributed by atoms with van der Waals surface area (Å²) in [6, 6.07) is 6.62. The first kappa shape index (κ1) is 23.3. The number of nitrogen functional groups attached to an aromatic ring is 1. The number of aryl methyl sites for hydroxylation is 1. The smallest absolute Gasteiger partial charge is 0.263 e. The van der Waals surface area contributed by atoms with E-state index in [1.54, 1.807) is 13.2 Å². The predicted octanol–water partition coefficient (Wildman–Crippen LogP) is 2.09. The highest BCUT2D eigenvalue weighted by Gasteiger charge is 2.35. The molecule has 2 aliphatic heterocycles. The highest BCUT2D eigenvalue weighted by atomic mass is 32.1. The normalized spacial score (nSPS) is 21.5. The maximum absolute atomic E-state index is 15.5. The zero-order valence-electron chi connectivity index (χ0n) is 19.3. The highest BCUT2D eigenvalue weighted by Crippen LogP contribution is 2.38. The second kappa shape index (κ2) is 8.96. The average Bonchev–Trinajstić information content (AvgIpc) is 3.38. The Morgan fingerprint density at radius 3 is 2.94 bits per heavy atom. The molecule has 35 heavy (non-hydrogen) atoms. The van der Waals surface area contributed by atoms with Gasteiger partial charge in [0.1, 0.15) is 39.5 Å². The molecule has 5 N–H and O–H groups in total. The molecule has 182 valence electrons. The molecule has 1 amide bonds.